The third kappa shape index (κ3) is 77.1. The smallest absolute Gasteiger partial charge is 1.00 e. The standard InChI is InChI=1S/ClH.H3O4P.Sr/c;1-5(2,3)4;/h1H;(H3,1,2,3,4);/q;;+2/p-4. The molecule has 0 heterocycles. The van der Waals surface area contributed by atoms with Crippen molar-refractivity contribution >= 4 is 53.3 Å². The Bertz CT molecular complexity index is 57.8. The first-order chi connectivity index (χ1) is 2.00. The van der Waals surface area contributed by atoms with Crippen molar-refractivity contribution in [2.75, 3.05) is 0 Å². The van der Waals surface area contributed by atoms with Crippen LogP contribution in [-0.2, 0) is 4.57 Å². The molecule has 4 nitrogen and oxygen atoms in total. The topological polar surface area (TPSA) is 86.2 Å². The summed E-state index contributed by atoms with van der Waals surface area (Å²) < 4.78 is 8.55. The molecule has 0 atom stereocenters. The summed E-state index contributed by atoms with van der Waals surface area (Å²) >= 11 is 0. The molecule has 0 N–H and O–H groups in total. The zero-order valence-electron chi connectivity index (χ0n) is 3.17. The van der Waals surface area contributed by atoms with Crippen molar-refractivity contribution in [2.24, 2.45) is 0 Å². The summed E-state index contributed by atoms with van der Waals surface area (Å²) in [5.74, 6) is 0. The summed E-state index contributed by atoms with van der Waals surface area (Å²) in [7, 11) is -5.39. The number of rotatable bonds is 0. The molecule has 7 heavy (non-hydrogen) atoms. The fraction of sp³-hybridized carbons (Fsp3) is 0. The van der Waals surface area contributed by atoms with Crippen LogP contribution >= 0.6 is 7.82 Å². The SMILES string of the molecule is O=P([O-])([O-])[O-].[Cl-].[Sr+2]. The molecule has 0 aliphatic heterocycles. The first-order valence-electron chi connectivity index (χ1n) is 0.730. The van der Waals surface area contributed by atoms with Crippen molar-refractivity contribution in [1.29, 1.82) is 0 Å². The maximum atomic E-state index is 8.55. The van der Waals surface area contributed by atoms with Crippen LogP contribution in [0.2, 0.25) is 0 Å². The van der Waals surface area contributed by atoms with E-state index in [0.29, 0.717) is 0 Å². The van der Waals surface area contributed by atoms with Gasteiger partial charge in [-0.2, -0.15) is 7.82 Å². The van der Waals surface area contributed by atoms with E-state index >= 15 is 0 Å². The Kier molecular flexibility index (Phi) is 13.7. The minimum absolute atomic E-state index is 0. The summed E-state index contributed by atoms with van der Waals surface area (Å²) in [6, 6.07) is 0. The summed E-state index contributed by atoms with van der Waals surface area (Å²) in [5, 5.41) is 0. The van der Waals surface area contributed by atoms with Gasteiger partial charge >= 0.3 is 45.5 Å². The van der Waals surface area contributed by atoms with Crippen LogP contribution < -0.4 is 27.1 Å². The van der Waals surface area contributed by atoms with Gasteiger partial charge in [-0.1, -0.05) is 0 Å². The molecule has 0 spiro atoms. The second kappa shape index (κ2) is 6.01. The maximum absolute atomic E-state index is 8.55. The van der Waals surface area contributed by atoms with E-state index in [1.165, 1.54) is 0 Å². The molecule has 0 rings (SSSR count). The van der Waals surface area contributed by atoms with Gasteiger partial charge in [0.15, 0.2) is 0 Å². The molecule has 40 valence electrons. The second-order valence-corrected chi connectivity index (χ2v) is 1.34. The Morgan fingerprint density at radius 1 is 1.14 bits per heavy atom. The van der Waals surface area contributed by atoms with Crippen LogP contribution in [0.15, 0.2) is 0 Å². The van der Waals surface area contributed by atoms with Crippen LogP contribution in [0.1, 0.15) is 0 Å². The van der Waals surface area contributed by atoms with Crippen molar-refractivity contribution in [3.63, 3.8) is 0 Å². The Morgan fingerprint density at radius 3 is 1.14 bits per heavy atom. The zero-order valence-corrected chi connectivity index (χ0v) is 8.29. The van der Waals surface area contributed by atoms with E-state index in [9.17, 15) is 0 Å². The van der Waals surface area contributed by atoms with Gasteiger partial charge in [0.25, 0.3) is 0 Å². The van der Waals surface area contributed by atoms with E-state index in [1.54, 1.807) is 0 Å². The van der Waals surface area contributed by atoms with Crippen LogP contribution in [-0.4, -0.2) is 45.5 Å². The number of hydrogen-bond acceptors (Lipinski definition) is 4. The van der Waals surface area contributed by atoms with Crippen LogP contribution in [0.4, 0.5) is 0 Å². The molecule has 0 aromatic rings. The number of halogens is 1. The second-order valence-electron chi connectivity index (χ2n) is 0.447. The van der Waals surface area contributed by atoms with Crippen LogP contribution in [0.5, 0.6) is 0 Å². The van der Waals surface area contributed by atoms with Crippen LogP contribution in [0.3, 0.4) is 0 Å². The van der Waals surface area contributed by atoms with E-state index in [4.69, 9.17) is 19.2 Å². The van der Waals surface area contributed by atoms with Gasteiger partial charge in [0, 0.05) is 0 Å². The van der Waals surface area contributed by atoms with Crippen molar-refractivity contribution in [3.8, 4) is 0 Å². The van der Waals surface area contributed by atoms with Crippen molar-refractivity contribution < 1.29 is 31.7 Å². The molecule has 0 aliphatic carbocycles. The summed E-state index contributed by atoms with van der Waals surface area (Å²) in [5.41, 5.74) is 0. The third-order valence-corrected chi connectivity index (χ3v) is 0. The molecular formula is ClO4PSr-2. The van der Waals surface area contributed by atoms with Gasteiger partial charge in [-0.25, -0.2) is 0 Å². The van der Waals surface area contributed by atoms with Crippen LogP contribution in [0, 0.1) is 0 Å². The quantitative estimate of drug-likeness (QED) is 0.299. The molecular weight excluding hydrogens is 218 g/mol. The van der Waals surface area contributed by atoms with Crippen molar-refractivity contribution in [2.45, 2.75) is 0 Å². The summed E-state index contributed by atoms with van der Waals surface area (Å²) in [6.07, 6.45) is 0. The van der Waals surface area contributed by atoms with E-state index < -0.39 is 7.82 Å². The third-order valence-electron chi connectivity index (χ3n) is 0. The average Bonchev–Trinajstić information content (AvgIpc) is 0.722. The minimum atomic E-state index is -5.39. The van der Waals surface area contributed by atoms with Gasteiger partial charge in [0.05, 0.1) is 0 Å². The first kappa shape index (κ1) is 15.9. The molecule has 0 radical (unpaired) electrons. The van der Waals surface area contributed by atoms with Gasteiger partial charge in [0.1, 0.15) is 0 Å². The first-order valence-corrected chi connectivity index (χ1v) is 2.19. The van der Waals surface area contributed by atoms with Crippen LogP contribution in [0.25, 0.3) is 0 Å². The predicted molar refractivity (Wildman–Crippen MR) is 13.4 cm³/mol. The molecule has 0 saturated carbocycles. The zero-order chi connectivity index (χ0) is 4.50. The number of hydrogen-bond donors (Lipinski definition) is 0. The molecule has 0 aromatic carbocycles. The van der Waals surface area contributed by atoms with Gasteiger partial charge in [0.2, 0.25) is 0 Å². The largest absolute Gasteiger partial charge is 2.00 e. The molecule has 0 aromatic heterocycles. The monoisotopic (exact) mass is 218 g/mol. The molecule has 7 heteroatoms. The van der Waals surface area contributed by atoms with Crippen molar-refractivity contribution in [1.82, 2.24) is 0 Å². The molecule has 0 fully saturated rings. The summed E-state index contributed by atoms with van der Waals surface area (Å²) in [6.45, 7) is 0. The molecule has 0 unspecified atom stereocenters. The molecule has 0 bridgehead atoms. The molecule has 0 amide bonds. The number of phosphoric acid groups is 1. The Labute approximate surface area is 83.8 Å². The maximum Gasteiger partial charge on any atom is 2.00 e. The Morgan fingerprint density at radius 2 is 1.14 bits per heavy atom. The minimum Gasteiger partial charge on any atom is -1.00 e. The summed E-state index contributed by atoms with van der Waals surface area (Å²) in [4.78, 5) is 25.6. The van der Waals surface area contributed by atoms with Crippen molar-refractivity contribution in [3.05, 3.63) is 0 Å². The van der Waals surface area contributed by atoms with Gasteiger partial charge in [-0.15, -0.1) is 0 Å². The van der Waals surface area contributed by atoms with E-state index in [2.05, 4.69) is 0 Å². The van der Waals surface area contributed by atoms with E-state index in [-0.39, 0.29) is 57.9 Å². The predicted octanol–water partition coefficient (Wildman–Crippen LogP) is -6.20. The van der Waals surface area contributed by atoms with E-state index in [1.807, 2.05) is 0 Å². The fourth-order valence-electron chi connectivity index (χ4n) is 0. The average molecular weight is 218 g/mol. The Hall–Kier alpha value is 1.88. The molecule has 0 aliphatic rings. The van der Waals surface area contributed by atoms with E-state index in [0.717, 1.165) is 0 Å². The van der Waals surface area contributed by atoms with Gasteiger partial charge < -0.3 is 31.7 Å². The fourth-order valence-corrected chi connectivity index (χ4v) is 0. The van der Waals surface area contributed by atoms with Gasteiger partial charge in [-0.3, -0.25) is 0 Å². The molecule has 0 saturated heterocycles. The normalized spacial score (nSPS) is 8.43. The Balaban J connectivity index is -0.0000000800. The van der Waals surface area contributed by atoms with Gasteiger partial charge in [-0.05, 0) is 0 Å².